The second-order valence-electron chi connectivity index (χ2n) is 6.89. The highest BCUT2D eigenvalue weighted by Gasteiger charge is 2.28. The summed E-state index contributed by atoms with van der Waals surface area (Å²) in [5.41, 5.74) is 6.19. The Balaban J connectivity index is 2.17. The van der Waals surface area contributed by atoms with Gasteiger partial charge >= 0.3 is 5.69 Å². The van der Waals surface area contributed by atoms with Crippen LogP contribution < -0.4 is 21.9 Å². The SMILES string of the molecule is CCc1nc(C)c(C(=O)N(Cc2ccccc2)c2c(N)n(CCOC)c(=O)[nH]c2=O)s1. The average molecular weight is 444 g/mol. The molecule has 0 spiro atoms. The summed E-state index contributed by atoms with van der Waals surface area (Å²) in [5.74, 6) is -0.486. The van der Waals surface area contributed by atoms with Crippen LogP contribution in [0.1, 0.15) is 32.9 Å². The number of hydrogen-bond donors (Lipinski definition) is 2. The number of hydrogen-bond acceptors (Lipinski definition) is 7. The minimum atomic E-state index is -0.724. The number of nitrogen functional groups attached to an aromatic ring is 1. The van der Waals surface area contributed by atoms with E-state index in [2.05, 4.69) is 9.97 Å². The number of aryl methyl sites for hydroxylation is 2. The van der Waals surface area contributed by atoms with Crippen molar-refractivity contribution >= 4 is 28.7 Å². The lowest BCUT2D eigenvalue weighted by Crippen LogP contribution is -2.41. The summed E-state index contributed by atoms with van der Waals surface area (Å²) in [4.78, 5) is 47.1. The molecule has 2 heterocycles. The number of anilines is 2. The maximum Gasteiger partial charge on any atom is 0.330 e. The lowest BCUT2D eigenvalue weighted by atomic mass is 10.2. The van der Waals surface area contributed by atoms with Crippen LogP contribution in [0.4, 0.5) is 11.5 Å². The molecule has 3 aromatic rings. The van der Waals surface area contributed by atoms with Gasteiger partial charge in [0.15, 0.2) is 5.69 Å². The summed E-state index contributed by atoms with van der Waals surface area (Å²) in [5, 5.41) is 0.826. The van der Waals surface area contributed by atoms with Gasteiger partial charge in [0.05, 0.1) is 30.4 Å². The highest BCUT2D eigenvalue weighted by atomic mass is 32.1. The summed E-state index contributed by atoms with van der Waals surface area (Å²) in [6.07, 6.45) is 0.697. The molecule has 10 heteroatoms. The molecule has 0 aliphatic carbocycles. The molecular weight excluding hydrogens is 418 g/mol. The second-order valence-corrected chi connectivity index (χ2v) is 7.97. The van der Waals surface area contributed by atoms with Crippen molar-refractivity contribution in [2.45, 2.75) is 33.4 Å². The average Bonchev–Trinajstić information content (AvgIpc) is 3.13. The molecule has 0 radical (unpaired) electrons. The predicted molar refractivity (Wildman–Crippen MR) is 121 cm³/mol. The first kappa shape index (κ1) is 22.4. The second kappa shape index (κ2) is 9.71. The molecule has 1 aromatic carbocycles. The summed E-state index contributed by atoms with van der Waals surface area (Å²) >= 11 is 1.29. The highest BCUT2D eigenvalue weighted by molar-refractivity contribution is 7.13. The first-order valence-electron chi connectivity index (χ1n) is 9.81. The number of thiazole rings is 1. The summed E-state index contributed by atoms with van der Waals surface area (Å²) in [6.45, 7) is 4.18. The number of aromatic nitrogens is 3. The van der Waals surface area contributed by atoms with Crippen LogP contribution in [0.2, 0.25) is 0 Å². The molecule has 0 aliphatic heterocycles. The molecule has 0 saturated carbocycles. The van der Waals surface area contributed by atoms with Gasteiger partial charge in [-0.15, -0.1) is 11.3 Å². The Bertz CT molecular complexity index is 1180. The maximum absolute atomic E-state index is 13.6. The third-order valence-electron chi connectivity index (χ3n) is 4.77. The van der Waals surface area contributed by atoms with Crippen LogP contribution in [0.15, 0.2) is 39.9 Å². The smallest absolute Gasteiger partial charge is 0.330 e. The number of rotatable bonds is 8. The molecule has 164 valence electrons. The summed E-state index contributed by atoms with van der Waals surface area (Å²) in [7, 11) is 1.50. The van der Waals surface area contributed by atoms with E-state index in [0.717, 1.165) is 10.6 Å². The van der Waals surface area contributed by atoms with Gasteiger partial charge in [-0.05, 0) is 18.9 Å². The minimum Gasteiger partial charge on any atom is -0.383 e. The Morgan fingerprint density at radius 2 is 2.00 bits per heavy atom. The molecule has 2 aromatic heterocycles. The van der Waals surface area contributed by atoms with Crippen molar-refractivity contribution in [1.82, 2.24) is 14.5 Å². The zero-order valence-electron chi connectivity index (χ0n) is 17.7. The predicted octanol–water partition coefficient (Wildman–Crippen LogP) is 1.94. The molecule has 0 aliphatic rings. The van der Waals surface area contributed by atoms with Crippen LogP contribution in [-0.4, -0.2) is 34.2 Å². The minimum absolute atomic E-state index is 0.0737. The zero-order valence-corrected chi connectivity index (χ0v) is 18.5. The molecule has 0 fully saturated rings. The molecule has 9 nitrogen and oxygen atoms in total. The molecular formula is C21H25N5O4S. The van der Waals surface area contributed by atoms with Crippen molar-refractivity contribution in [1.29, 1.82) is 0 Å². The number of ether oxygens (including phenoxy) is 1. The van der Waals surface area contributed by atoms with Gasteiger partial charge < -0.3 is 10.5 Å². The third-order valence-corrected chi connectivity index (χ3v) is 6.06. The van der Waals surface area contributed by atoms with Crippen molar-refractivity contribution in [2.24, 2.45) is 0 Å². The number of aromatic amines is 1. The molecule has 31 heavy (non-hydrogen) atoms. The van der Waals surface area contributed by atoms with Gasteiger partial charge in [-0.2, -0.15) is 0 Å². The summed E-state index contributed by atoms with van der Waals surface area (Å²) < 4.78 is 6.23. The first-order chi connectivity index (χ1) is 14.9. The molecule has 0 bridgehead atoms. The monoisotopic (exact) mass is 443 g/mol. The normalized spacial score (nSPS) is 10.9. The number of benzene rings is 1. The van der Waals surface area contributed by atoms with Gasteiger partial charge in [-0.25, -0.2) is 9.78 Å². The van der Waals surface area contributed by atoms with E-state index in [4.69, 9.17) is 10.5 Å². The number of nitrogens with two attached hydrogens (primary N) is 1. The Morgan fingerprint density at radius 1 is 1.29 bits per heavy atom. The standard InChI is InChI=1S/C21H25N5O4S/c1-4-15-23-13(2)17(31-15)20(28)26(12-14-8-6-5-7-9-14)16-18(22)25(10-11-30-3)21(29)24-19(16)27/h5-9H,4,10-12,22H2,1-3H3,(H,24,27,29). The molecule has 3 rings (SSSR count). The van der Waals surface area contributed by atoms with Gasteiger partial charge in [0, 0.05) is 7.11 Å². The number of carbonyl (C=O) groups is 1. The topological polar surface area (TPSA) is 123 Å². The van der Waals surface area contributed by atoms with Gasteiger partial charge in [-0.1, -0.05) is 37.3 Å². The maximum atomic E-state index is 13.6. The lowest BCUT2D eigenvalue weighted by Gasteiger charge is -2.24. The summed E-state index contributed by atoms with van der Waals surface area (Å²) in [6, 6.07) is 9.25. The number of nitrogens with one attached hydrogen (secondary N) is 1. The molecule has 3 N–H and O–H groups in total. The van der Waals surface area contributed by atoms with Gasteiger partial charge in [0.1, 0.15) is 10.7 Å². The van der Waals surface area contributed by atoms with E-state index in [-0.39, 0.29) is 31.2 Å². The fourth-order valence-corrected chi connectivity index (χ4v) is 4.14. The number of nitrogens with zero attached hydrogens (tertiary/aromatic N) is 3. The van der Waals surface area contributed by atoms with Gasteiger partial charge in [0.2, 0.25) is 0 Å². The Labute approximate surface area is 183 Å². The number of amides is 1. The largest absolute Gasteiger partial charge is 0.383 e. The van der Waals surface area contributed by atoms with E-state index in [1.54, 1.807) is 6.92 Å². The molecule has 0 unspecified atom stereocenters. The number of H-pyrrole nitrogens is 1. The first-order valence-corrected chi connectivity index (χ1v) is 10.6. The van der Waals surface area contributed by atoms with Crippen molar-refractivity contribution < 1.29 is 9.53 Å². The van der Waals surface area contributed by atoms with E-state index in [0.29, 0.717) is 17.0 Å². The Morgan fingerprint density at radius 3 is 2.61 bits per heavy atom. The van der Waals surface area contributed by atoms with Crippen LogP contribution in [0.25, 0.3) is 0 Å². The Hall–Kier alpha value is -3.24. The molecule has 0 atom stereocenters. The van der Waals surface area contributed by atoms with Crippen LogP contribution >= 0.6 is 11.3 Å². The fraction of sp³-hybridized carbons (Fsp3) is 0.333. The van der Waals surface area contributed by atoms with Crippen LogP contribution in [0, 0.1) is 6.92 Å². The van der Waals surface area contributed by atoms with Crippen molar-refractivity contribution in [3.05, 3.63) is 72.3 Å². The quantitative estimate of drug-likeness (QED) is 0.548. The van der Waals surface area contributed by atoms with Gasteiger partial charge in [-0.3, -0.25) is 24.0 Å². The van der Waals surface area contributed by atoms with Crippen LogP contribution in [-0.2, 0) is 24.2 Å². The highest BCUT2D eigenvalue weighted by Crippen LogP contribution is 2.26. The van der Waals surface area contributed by atoms with Gasteiger partial charge in [0.25, 0.3) is 11.5 Å². The van der Waals surface area contributed by atoms with E-state index in [1.165, 1.54) is 27.9 Å². The zero-order chi connectivity index (χ0) is 22.5. The molecule has 0 saturated heterocycles. The van der Waals surface area contributed by atoms with Crippen molar-refractivity contribution in [2.75, 3.05) is 24.4 Å². The van der Waals surface area contributed by atoms with Crippen LogP contribution in [0.3, 0.4) is 0 Å². The molecule has 1 amide bonds. The Kier molecular flexibility index (Phi) is 7.03. The van der Waals surface area contributed by atoms with Crippen molar-refractivity contribution in [3.63, 3.8) is 0 Å². The van der Waals surface area contributed by atoms with Crippen molar-refractivity contribution in [3.8, 4) is 0 Å². The third kappa shape index (κ3) is 4.75. The van der Waals surface area contributed by atoms with E-state index >= 15 is 0 Å². The fourth-order valence-electron chi connectivity index (χ4n) is 3.19. The van der Waals surface area contributed by atoms with E-state index in [1.807, 2.05) is 37.3 Å². The number of methoxy groups -OCH3 is 1. The van der Waals surface area contributed by atoms with E-state index < -0.39 is 17.2 Å². The number of carbonyl (C=O) groups excluding carboxylic acids is 1. The van der Waals surface area contributed by atoms with Crippen LogP contribution in [0.5, 0.6) is 0 Å². The van der Waals surface area contributed by atoms with E-state index in [9.17, 15) is 14.4 Å². The lowest BCUT2D eigenvalue weighted by molar-refractivity contribution is 0.0988.